The van der Waals surface area contributed by atoms with Crippen LogP contribution >= 0.6 is 0 Å². The molecule has 1 N–H and O–H groups in total. The number of carbonyl (C=O) groups excluding carboxylic acids is 1. The van der Waals surface area contributed by atoms with E-state index in [1.165, 1.54) is 6.20 Å². The predicted molar refractivity (Wildman–Crippen MR) is 112 cm³/mol. The van der Waals surface area contributed by atoms with Crippen LogP contribution in [-0.4, -0.2) is 29.6 Å². The molecule has 1 amide bonds. The first-order valence-electron chi connectivity index (χ1n) is 9.00. The summed E-state index contributed by atoms with van der Waals surface area (Å²) in [7, 11) is -1.000. The number of benzene rings is 1. The number of hydrogen-bond donors (Lipinski definition) is 1. The van der Waals surface area contributed by atoms with E-state index in [1.807, 2.05) is 70.2 Å². The number of aromatic nitrogens is 3. The van der Waals surface area contributed by atoms with Gasteiger partial charge in [0.1, 0.15) is 0 Å². The van der Waals surface area contributed by atoms with Crippen LogP contribution in [0.15, 0.2) is 54.9 Å². The number of amides is 1. The molecule has 1 atom stereocenters. The molecule has 0 radical (unpaired) electrons. The first-order valence-corrected chi connectivity index (χ1v) is 10.3. The van der Waals surface area contributed by atoms with Crippen LogP contribution < -0.4 is 5.32 Å². The summed E-state index contributed by atoms with van der Waals surface area (Å²) in [6.07, 6.45) is 3.22. The lowest BCUT2D eigenvalue weighted by Gasteiger charge is -2.18. The molecule has 1 aromatic carbocycles. The summed E-state index contributed by atoms with van der Waals surface area (Å²) in [4.78, 5) is 17.0. The van der Waals surface area contributed by atoms with Crippen molar-refractivity contribution in [2.24, 2.45) is 0 Å². The molecule has 0 aliphatic carbocycles. The van der Waals surface area contributed by atoms with Crippen molar-refractivity contribution in [3.63, 3.8) is 0 Å². The molecule has 1 unspecified atom stereocenters. The average Bonchev–Trinajstić information content (AvgIpc) is 3.03. The lowest BCUT2D eigenvalue weighted by Crippen LogP contribution is -2.23. The van der Waals surface area contributed by atoms with Gasteiger partial charge in [0, 0.05) is 33.2 Å². The molecule has 28 heavy (non-hydrogen) atoms. The van der Waals surface area contributed by atoms with Crippen molar-refractivity contribution < 1.29 is 9.00 Å². The smallest absolute Gasteiger partial charge is 0.259 e. The molecule has 0 spiro atoms. The Hall–Kier alpha value is -2.80. The number of nitrogens with zero attached hydrogens (tertiary/aromatic N) is 3. The van der Waals surface area contributed by atoms with Crippen molar-refractivity contribution in [3.8, 4) is 5.82 Å². The van der Waals surface area contributed by atoms with Crippen LogP contribution in [0.3, 0.4) is 0 Å². The summed E-state index contributed by atoms with van der Waals surface area (Å²) in [5, 5.41) is 7.19. The van der Waals surface area contributed by atoms with Gasteiger partial charge in [-0.1, -0.05) is 18.2 Å². The van der Waals surface area contributed by atoms with Crippen LogP contribution in [0.25, 0.3) is 5.82 Å². The van der Waals surface area contributed by atoms with Gasteiger partial charge in [0.15, 0.2) is 5.82 Å². The van der Waals surface area contributed by atoms with Crippen LogP contribution in [0.2, 0.25) is 0 Å². The van der Waals surface area contributed by atoms with Gasteiger partial charge in [-0.2, -0.15) is 5.10 Å². The van der Waals surface area contributed by atoms with Crippen molar-refractivity contribution in [3.05, 3.63) is 71.7 Å². The van der Waals surface area contributed by atoms with Gasteiger partial charge in [0.05, 0.1) is 17.5 Å². The van der Waals surface area contributed by atoms with Gasteiger partial charge in [0.25, 0.3) is 5.91 Å². The Kier molecular flexibility index (Phi) is 5.74. The molecule has 3 aromatic rings. The Morgan fingerprint density at radius 1 is 1.18 bits per heavy atom. The highest BCUT2D eigenvalue weighted by molar-refractivity contribution is 7.85. The highest BCUT2D eigenvalue weighted by Gasteiger charge is 2.20. The summed E-state index contributed by atoms with van der Waals surface area (Å²) < 4.78 is 13.7. The third-order valence-electron chi connectivity index (χ3n) is 4.29. The van der Waals surface area contributed by atoms with Gasteiger partial charge in [-0.05, 0) is 57.5 Å². The quantitative estimate of drug-likeness (QED) is 0.710. The molecule has 2 heterocycles. The summed E-state index contributed by atoms with van der Waals surface area (Å²) in [6, 6.07) is 13.0. The number of anilines is 1. The van der Waals surface area contributed by atoms with Gasteiger partial charge in [-0.25, -0.2) is 9.67 Å². The molecule has 6 nitrogen and oxygen atoms in total. The maximum Gasteiger partial charge on any atom is 0.259 e. The first kappa shape index (κ1) is 19.9. The van der Waals surface area contributed by atoms with Crippen molar-refractivity contribution in [2.75, 3.05) is 5.32 Å². The molecule has 0 saturated heterocycles. The summed E-state index contributed by atoms with van der Waals surface area (Å²) >= 11 is 0. The van der Waals surface area contributed by atoms with E-state index >= 15 is 0 Å². The van der Waals surface area contributed by atoms with Gasteiger partial charge in [-0.3, -0.25) is 9.00 Å². The highest BCUT2D eigenvalue weighted by atomic mass is 32.2. The summed E-state index contributed by atoms with van der Waals surface area (Å²) in [5.41, 5.74) is 2.78. The number of rotatable bonds is 5. The Labute approximate surface area is 167 Å². The van der Waals surface area contributed by atoms with Crippen molar-refractivity contribution in [1.82, 2.24) is 14.8 Å². The molecule has 0 aliphatic heterocycles. The van der Waals surface area contributed by atoms with Gasteiger partial charge >= 0.3 is 0 Å². The molecule has 7 heteroatoms. The fraction of sp³-hybridized carbons (Fsp3) is 0.286. The largest absolute Gasteiger partial charge is 0.322 e. The molecule has 0 fully saturated rings. The Balaban J connectivity index is 1.76. The standard InChI is InChI=1S/C21H24N4O2S/c1-15-18(13-23-25(15)19-10-5-6-11-22-19)20(26)24-17-9-7-8-16(12-17)14-28(27)21(2,3)4/h5-13H,14H2,1-4H3,(H,24,26). The summed E-state index contributed by atoms with van der Waals surface area (Å²) in [6.45, 7) is 7.70. The van der Waals surface area contributed by atoms with E-state index in [4.69, 9.17) is 0 Å². The maximum atomic E-state index is 12.7. The van der Waals surface area contributed by atoms with E-state index in [1.54, 1.807) is 10.9 Å². The van der Waals surface area contributed by atoms with Gasteiger partial charge in [0.2, 0.25) is 0 Å². The third-order valence-corrected chi connectivity index (χ3v) is 6.25. The lowest BCUT2D eigenvalue weighted by atomic mass is 10.2. The fourth-order valence-electron chi connectivity index (χ4n) is 2.65. The van der Waals surface area contributed by atoms with E-state index in [2.05, 4.69) is 15.4 Å². The van der Waals surface area contributed by atoms with E-state index in [0.29, 0.717) is 28.5 Å². The Morgan fingerprint density at radius 3 is 2.64 bits per heavy atom. The number of pyridine rings is 1. The second kappa shape index (κ2) is 8.06. The Bertz CT molecular complexity index is 1010. The normalized spacial score (nSPS) is 12.6. The number of hydrogen-bond acceptors (Lipinski definition) is 4. The van der Waals surface area contributed by atoms with Crippen molar-refractivity contribution in [1.29, 1.82) is 0 Å². The number of carbonyl (C=O) groups is 1. The average molecular weight is 397 g/mol. The minimum Gasteiger partial charge on any atom is -0.322 e. The topological polar surface area (TPSA) is 76.9 Å². The van der Waals surface area contributed by atoms with Crippen LogP contribution in [0.4, 0.5) is 5.69 Å². The molecule has 0 saturated carbocycles. The molecular weight excluding hydrogens is 372 g/mol. The highest BCUT2D eigenvalue weighted by Crippen LogP contribution is 2.20. The zero-order chi connectivity index (χ0) is 20.3. The molecule has 2 aromatic heterocycles. The molecule has 146 valence electrons. The molecule has 0 aliphatic rings. The van der Waals surface area contributed by atoms with Crippen molar-refractivity contribution >= 4 is 22.4 Å². The minimum absolute atomic E-state index is 0.242. The fourth-order valence-corrected chi connectivity index (χ4v) is 3.56. The SMILES string of the molecule is Cc1c(C(=O)Nc2cccc(CS(=O)C(C)(C)C)c2)cnn1-c1ccccn1. The van der Waals surface area contributed by atoms with Crippen LogP contribution in [0.5, 0.6) is 0 Å². The second-order valence-electron chi connectivity index (χ2n) is 7.50. The van der Waals surface area contributed by atoms with Crippen LogP contribution in [-0.2, 0) is 16.6 Å². The maximum absolute atomic E-state index is 12.7. The van der Waals surface area contributed by atoms with E-state index in [0.717, 1.165) is 5.56 Å². The van der Waals surface area contributed by atoms with E-state index < -0.39 is 10.8 Å². The molecule has 3 rings (SSSR count). The summed E-state index contributed by atoms with van der Waals surface area (Å²) in [5.74, 6) is 0.864. The van der Waals surface area contributed by atoms with E-state index in [-0.39, 0.29) is 10.7 Å². The third kappa shape index (κ3) is 4.54. The zero-order valence-electron chi connectivity index (χ0n) is 16.5. The number of nitrogens with one attached hydrogen (secondary N) is 1. The van der Waals surface area contributed by atoms with Gasteiger partial charge < -0.3 is 5.32 Å². The van der Waals surface area contributed by atoms with Crippen LogP contribution in [0, 0.1) is 6.92 Å². The second-order valence-corrected chi connectivity index (χ2v) is 9.70. The zero-order valence-corrected chi connectivity index (χ0v) is 17.3. The Morgan fingerprint density at radius 2 is 1.96 bits per heavy atom. The molecular formula is C21H24N4O2S. The van der Waals surface area contributed by atoms with Gasteiger partial charge in [-0.15, -0.1) is 0 Å². The molecule has 0 bridgehead atoms. The lowest BCUT2D eigenvalue weighted by molar-refractivity contribution is 0.102. The van der Waals surface area contributed by atoms with E-state index in [9.17, 15) is 9.00 Å². The first-order chi connectivity index (χ1) is 13.3. The minimum atomic E-state index is -1.000. The van der Waals surface area contributed by atoms with Crippen molar-refractivity contribution in [2.45, 2.75) is 38.2 Å². The monoisotopic (exact) mass is 396 g/mol. The predicted octanol–water partition coefficient (Wildman–Crippen LogP) is 3.88. The van der Waals surface area contributed by atoms with Crippen LogP contribution in [0.1, 0.15) is 42.4 Å².